The summed E-state index contributed by atoms with van der Waals surface area (Å²) in [4.78, 5) is 2.74. The maximum Gasteiger partial charge on any atom is 0.108 e. The summed E-state index contributed by atoms with van der Waals surface area (Å²) in [6.07, 6.45) is -0.530. The highest BCUT2D eigenvalue weighted by molar-refractivity contribution is 8.76. The molecular formula is C24H31N3O4S2. The standard InChI is InChI=1S/C24H31N3O4S2/c1-18-23(29-13-20-9-5-3-6-10-20)19(2)31-22(15-28-17-33-32-16-26-27-25)24(18)30-14-21-11-7-4-8-12-21/h3-12,18-19,22-24H,13-17H2,1-2H3/t18-,19-,22?,23?,24-/m1/s1. The molecule has 1 aliphatic heterocycles. The van der Waals surface area contributed by atoms with Crippen molar-refractivity contribution in [1.82, 2.24) is 0 Å². The van der Waals surface area contributed by atoms with Gasteiger partial charge in [-0.15, -0.1) is 0 Å². The second-order valence-corrected chi connectivity index (χ2v) is 10.2. The second kappa shape index (κ2) is 14.5. The van der Waals surface area contributed by atoms with Crippen LogP contribution in [0.1, 0.15) is 25.0 Å². The maximum absolute atomic E-state index is 8.34. The van der Waals surface area contributed by atoms with Gasteiger partial charge in [0.2, 0.25) is 0 Å². The summed E-state index contributed by atoms with van der Waals surface area (Å²) in [6.45, 7) is 5.69. The van der Waals surface area contributed by atoms with Gasteiger partial charge in [0.15, 0.2) is 0 Å². The topological polar surface area (TPSA) is 85.7 Å². The molecule has 33 heavy (non-hydrogen) atoms. The summed E-state index contributed by atoms with van der Waals surface area (Å²) < 4.78 is 24.9. The van der Waals surface area contributed by atoms with E-state index < -0.39 is 0 Å². The van der Waals surface area contributed by atoms with Gasteiger partial charge in [-0.25, -0.2) is 0 Å². The van der Waals surface area contributed by atoms with Gasteiger partial charge in [-0.3, -0.25) is 0 Å². The van der Waals surface area contributed by atoms with E-state index in [9.17, 15) is 0 Å². The molecule has 1 aliphatic rings. The fraction of sp³-hybridized carbons (Fsp3) is 0.500. The Bertz CT molecular complexity index is 855. The lowest BCUT2D eigenvalue weighted by Gasteiger charge is -2.44. The fourth-order valence-corrected chi connectivity index (χ4v) is 5.10. The summed E-state index contributed by atoms with van der Waals surface area (Å²) in [5.41, 5.74) is 10.6. The first-order valence-corrected chi connectivity index (χ1v) is 13.5. The van der Waals surface area contributed by atoms with Crippen molar-refractivity contribution in [3.63, 3.8) is 0 Å². The van der Waals surface area contributed by atoms with E-state index in [1.165, 1.54) is 21.6 Å². The minimum Gasteiger partial charge on any atom is -0.370 e. The summed E-state index contributed by atoms with van der Waals surface area (Å²) in [5, 5.41) is 3.50. The minimum absolute atomic E-state index is 0.0825. The Kier molecular flexibility index (Phi) is 11.4. The van der Waals surface area contributed by atoms with Crippen LogP contribution in [0.2, 0.25) is 0 Å². The number of ether oxygens (including phenoxy) is 4. The molecular weight excluding hydrogens is 458 g/mol. The first kappa shape index (κ1) is 25.9. The number of hydrogen-bond donors (Lipinski definition) is 0. The molecule has 0 spiro atoms. The maximum atomic E-state index is 8.34. The zero-order valence-corrected chi connectivity index (χ0v) is 20.6. The van der Waals surface area contributed by atoms with Crippen LogP contribution >= 0.6 is 21.6 Å². The molecule has 0 aliphatic carbocycles. The monoisotopic (exact) mass is 489 g/mol. The molecule has 0 radical (unpaired) electrons. The first-order chi connectivity index (χ1) is 16.2. The van der Waals surface area contributed by atoms with E-state index in [-0.39, 0.29) is 30.3 Å². The zero-order chi connectivity index (χ0) is 23.3. The van der Waals surface area contributed by atoms with Gasteiger partial charge in [-0.1, -0.05) is 94.3 Å². The quantitative estimate of drug-likeness (QED) is 0.0831. The molecule has 2 unspecified atom stereocenters. The fourth-order valence-electron chi connectivity index (χ4n) is 3.92. The Morgan fingerprint density at radius 1 is 0.909 bits per heavy atom. The van der Waals surface area contributed by atoms with E-state index in [0.29, 0.717) is 31.6 Å². The smallest absolute Gasteiger partial charge is 0.108 e. The van der Waals surface area contributed by atoms with Crippen LogP contribution in [0.25, 0.3) is 10.4 Å². The van der Waals surface area contributed by atoms with Crippen LogP contribution in [0.5, 0.6) is 0 Å². The van der Waals surface area contributed by atoms with Crippen molar-refractivity contribution >= 4 is 21.6 Å². The van der Waals surface area contributed by atoms with Crippen LogP contribution in [0, 0.1) is 5.92 Å². The van der Waals surface area contributed by atoms with Crippen LogP contribution in [-0.4, -0.2) is 42.8 Å². The van der Waals surface area contributed by atoms with Gasteiger partial charge in [0.05, 0.1) is 44.0 Å². The van der Waals surface area contributed by atoms with Crippen LogP contribution in [0.3, 0.4) is 0 Å². The van der Waals surface area contributed by atoms with Crippen molar-refractivity contribution in [2.24, 2.45) is 11.0 Å². The van der Waals surface area contributed by atoms with E-state index in [2.05, 4.69) is 48.1 Å². The number of hydrogen-bond acceptors (Lipinski definition) is 7. The Labute approximate surface area is 203 Å². The van der Waals surface area contributed by atoms with Gasteiger partial charge >= 0.3 is 0 Å². The largest absolute Gasteiger partial charge is 0.370 e. The first-order valence-electron chi connectivity index (χ1n) is 11.0. The Hall–Kier alpha value is -1.71. The van der Waals surface area contributed by atoms with Crippen LogP contribution in [-0.2, 0) is 32.2 Å². The molecule has 0 aromatic heterocycles. The molecule has 7 nitrogen and oxygen atoms in total. The van der Waals surface area contributed by atoms with Crippen molar-refractivity contribution in [1.29, 1.82) is 0 Å². The van der Waals surface area contributed by atoms with Gasteiger partial charge in [-0.2, -0.15) is 0 Å². The SMILES string of the molecule is C[C@@H]1C(OCc2ccccc2)[C@@H](C)OC(COCSSCN=[N+]=[N-])[C@@H]1OCc1ccccc1. The van der Waals surface area contributed by atoms with E-state index in [1.54, 1.807) is 0 Å². The molecule has 0 saturated carbocycles. The predicted octanol–water partition coefficient (Wildman–Crippen LogP) is 6.20. The Morgan fingerprint density at radius 3 is 2.12 bits per heavy atom. The molecule has 2 aromatic carbocycles. The molecule has 1 fully saturated rings. The molecule has 9 heteroatoms. The van der Waals surface area contributed by atoms with E-state index in [4.69, 9.17) is 24.5 Å². The summed E-state index contributed by atoms with van der Waals surface area (Å²) in [5.74, 6) is 0.983. The normalized spacial score (nSPS) is 24.8. The third-order valence-corrected chi connectivity index (χ3v) is 7.25. The lowest BCUT2D eigenvalue weighted by molar-refractivity contribution is -0.233. The Morgan fingerprint density at radius 2 is 1.52 bits per heavy atom. The molecule has 0 amide bonds. The highest BCUT2D eigenvalue weighted by Gasteiger charge is 2.43. The van der Waals surface area contributed by atoms with Crippen molar-refractivity contribution < 1.29 is 18.9 Å². The molecule has 2 aromatic rings. The van der Waals surface area contributed by atoms with Crippen molar-refractivity contribution in [3.8, 4) is 0 Å². The minimum atomic E-state index is -0.196. The van der Waals surface area contributed by atoms with Crippen molar-refractivity contribution in [2.75, 3.05) is 18.4 Å². The highest BCUT2D eigenvalue weighted by atomic mass is 33.1. The third kappa shape index (κ3) is 8.54. The molecule has 1 saturated heterocycles. The van der Waals surface area contributed by atoms with E-state index >= 15 is 0 Å². The number of rotatable bonds is 13. The number of azide groups is 1. The molecule has 3 rings (SSSR count). The van der Waals surface area contributed by atoms with Gasteiger partial charge < -0.3 is 18.9 Å². The number of benzene rings is 2. The van der Waals surface area contributed by atoms with Gasteiger partial charge in [0.25, 0.3) is 0 Å². The van der Waals surface area contributed by atoms with Crippen molar-refractivity contribution in [3.05, 3.63) is 82.2 Å². The van der Waals surface area contributed by atoms with Crippen molar-refractivity contribution in [2.45, 2.75) is 51.5 Å². The molecule has 5 atom stereocenters. The lowest BCUT2D eigenvalue weighted by atomic mass is 9.87. The van der Waals surface area contributed by atoms with Gasteiger partial charge in [0.1, 0.15) is 12.0 Å². The van der Waals surface area contributed by atoms with Crippen LogP contribution < -0.4 is 0 Å². The second-order valence-electron chi connectivity index (χ2n) is 7.85. The Balaban J connectivity index is 1.59. The molecule has 178 valence electrons. The third-order valence-electron chi connectivity index (χ3n) is 5.50. The summed E-state index contributed by atoms with van der Waals surface area (Å²) >= 11 is 0. The van der Waals surface area contributed by atoms with Gasteiger partial charge in [0, 0.05) is 10.8 Å². The van der Waals surface area contributed by atoms with Gasteiger partial charge in [-0.05, 0) is 23.6 Å². The van der Waals surface area contributed by atoms with Crippen LogP contribution in [0.15, 0.2) is 65.8 Å². The van der Waals surface area contributed by atoms with E-state index in [1.807, 2.05) is 36.4 Å². The molecule has 1 heterocycles. The predicted molar refractivity (Wildman–Crippen MR) is 134 cm³/mol. The lowest BCUT2D eigenvalue weighted by Crippen LogP contribution is -2.55. The number of nitrogens with zero attached hydrogens (tertiary/aromatic N) is 3. The molecule has 0 bridgehead atoms. The molecule has 0 N–H and O–H groups in total. The zero-order valence-electron chi connectivity index (χ0n) is 19.0. The van der Waals surface area contributed by atoms with E-state index in [0.717, 1.165) is 11.1 Å². The highest BCUT2D eigenvalue weighted by Crippen LogP contribution is 2.32. The average Bonchev–Trinajstić information content (AvgIpc) is 2.84. The van der Waals surface area contributed by atoms with Crippen LogP contribution in [0.4, 0.5) is 0 Å². The summed E-state index contributed by atoms with van der Waals surface area (Å²) in [6, 6.07) is 20.3. The average molecular weight is 490 g/mol. The summed E-state index contributed by atoms with van der Waals surface area (Å²) in [7, 11) is 2.97.